The van der Waals surface area contributed by atoms with Gasteiger partial charge in [0.1, 0.15) is 0 Å². The molecule has 2 rings (SSSR count). The van der Waals surface area contributed by atoms with Gasteiger partial charge in [0.15, 0.2) is 9.84 Å². The van der Waals surface area contributed by atoms with Crippen molar-refractivity contribution in [3.05, 3.63) is 28.2 Å². The van der Waals surface area contributed by atoms with E-state index in [2.05, 4.69) is 48.9 Å². The normalized spacial score (nSPS) is 19.3. The van der Waals surface area contributed by atoms with Crippen molar-refractivity contribution in [1.82, 2.24) is 0 Å². The second-order valence-electron chi connectivity index (χ2n) is 4.05. The van der Waals surface area contributed by atoms with Crippen molar-refractivity contribution in [1.29, 1.82) is 0 Å². The number of hydrogen-bond acceptors (Lipinski definition) is 3. The highest BCUT2D eigenvalue weighted by molar-refractivity contribution is 9.10. The zero-order chi connectivity index (χ0) is 12.5. The molecule has 0 amide bonds. The van der Waals surface area contributed by atoms with Crippen LogP contribution >= 0.6 is 31.9 Å². The van der Waals surface area contributed by atoms with Gasteiger partial charge in [-0.3, -0.25) is 0 Å². The molecule has 0 saturated carbocycles. The van der Waals surface area contributed by atoms with Gasteiger partial charge in [0, 0.05) is 28.6 Å². The van der Waals surface area contributed by atoms with Crippen LogP contribution in [0.3, 0.4) is 0 Å². The summed E-state index contributed by atoms with van der Waals surface area (Å²) in [5, 5.41) is 0.808. The zero-order valence-electron chi connectivity index (χ0n) is 9.20. The van der Waals surface area contributed by atoms with Gasteiger partial charge in [0.2, 0.25) is 0 Å². The van der Waals surface area contributed by atoms with Gasteiger partial charge in [-0.1, -0.05) is 37.9 Å². The summed E-state index contributed by atoms with van der Waals surface area (Å²) in [5.74, 6) is 0.510. The number of anilines is 1. The molecular weight excluding hydrogens is 370 g/mol. The molecule has 0 bridgehead atoms. The van der Waals surface area contributed by atoms with Gasteiger partial charge in [-0.25, -0.2) is 8.42 Å². The molecule has 1 aliphatic rings. The average Bonchev–Trinajstić information content (AvgIpc) is 2.29. The standard InChI is InChI=1S/C11H13Br2NO2S/c12-8-9-1-2-10(7-11(9)13)14-3-5-17(15,16)6-4-14/h1-2,7H,3-6,8H2. The Hall–Kier alpha value is -0.0700. The highest BCUT2D eigenvalue weighted by Crippen LogP contribution is 2.26. The lowest BCUT2D eigenvalue weighted by atomic mass is 10.2. The smallest absolute Gasteiger partial charge is 0.153 e. The van der Waals surface area contributed by atoms with Crippen molar-refractivity contribution in [2.75, 3.05) is 29.5 Å². The van der Waals surface area contributed by atoms with E-state index in [1.165, 1.54) is 5.56 Å². The van der Waals surface area contributed by atoms with Crippen molar-refractivity contribution in [2.45, 2.75) is 5.33 Å². The molecule has 0 radical (unpaired) electrons. The predicted octanol–water partition coefficient (Wildman–Crippen LogP) is 2.58. The van der Waals surface area contributed by atoms with Crippen LogP contribution < -0.4 is 4.90 Å². The van der Waals surface area contributed by atoms with Gasteiger partial charge in [-0.15, -0.1) is 0 Å². The van der Waals surface area contributed by atoms with Crippen molar-refractivity contribution in [3.8, 4) is 0 Å². The van der Waals surface area contributed by atoms with Crippen molar-refractivity contribution < 1.29 is 8.42 Å². The molecule has 0 aliphatic carbocycles. The summed E-state index contributed by atoms with van der Waals surface area (Å²) >= 11 is 6.94. The average molecular weight is 383 g/mol. The Balaban J connectivity index is 2.16. The maximum atomic E-state index is 11.4. The first-order chi connectivity index (χ1) is 8.02. The van der Waals surface area contributed by atoms with Gasteiger partial charge in [0.05, 0.1) is 11.5 Å². The van der Waals surface area contributed by atoms with Crippen LogP contribution in [0.4, 0.5) is 5.69 Å². The molecule has 1 aromatic carbocycles. The van der Waals surface area contributed by atoms with Gasteiger partial charge in [-0.05, 0) is 17.7 Å². The molecule has 1 aromatic rings. The monoisotopic (exact) mass is 381 g/mol. The molecule has 1 heterocycles. The first-order valence-electron chi connectivity index (χ1n) is 5.31. The van der Waals surface area contributed by atoms with E-state index < -0.39 is 9.84 Å². The van der Waals surface area contributed by atoms with E-state index in [4.69, 9.17) is 0 Å². The summed E-state index contributed by atoms with van der Waals surface area (Å²) in [6.07, 6.45) is 0. The van der Waals surface area contributed by atoms with Crippen LogP contribution in [0.15, 0.2) is 22.7 Å². The van der Waals surface area contributed by atoms with Crippen LogP contribution in [-0.4, -0.2) is 33.0 Å². The molecular formula is C11H13Br2NO2S. The third kappa shape index (κ3) is 3.23. The second kappa shape index (κ2) is 5.28. The van der Waals surface area contributed by atoms with Crippen LogP contribution in [0.25, 0.3) is 0 Å². The zero-order valence-corrected chi connectivity index (χ0v) is 13.2. The van der Waals surface area contributed by atoms with E-state index in [0.717, 1.165) is 15.5 Å². The summed E-state index contributed by atoms with van der Waals surface area (Å²) < 4.78 is 23.8. The molecule has 0 spiro atoms. The molecule has 0 atom stereocenters. The predicted molar refractivity (Wildman–Crippen MR) is 77.6 cm³/mol. The summed E-state index contributed by atoms with van der Waals surface area (Å²) in [6, 6.07) is 6.14. The van der Waals surface area contributed by atoms with Gasteiger partial charge in [-0.2, -0.15) is 0 Å². The quantitative estimate of drug-likeness (QED) is 0.737. The lowest BCUT2D eigenvalue weighted by molar-refractivity contribution is 0.587. The van der Waals surface area contributed by atoms with Gasteiger partial charge >= 0.3 is 0 Å². The minimum absolute atomic E-state index is 0.255. The third-order valence-corrected chi connectivity index (χ3v) is 5.84. The van der Waals surface area contributed by atoms with E-state index in [-0.39, 0.29) is 11.5 Å². The van der Waals surface area contributed by atoms with Crippen LogP contribution in [0.1, 0.15) is 5.56 Å². The van der Waals surface area contributed by atoms with E-state index in [0.29, 0.717) is 13.1 Å². The molecule has 1 fully saturated rings. The minimum atomic E-state index is -2.81. The van der Waals surface area contributed by atoms with E-state index in [1.54, 1.807) is 0 Å². The van der Waals surface area contributed by atoms with Crippen LogP contribution in [0.2, 0.25) is 0 Å². The highest BCUT2D eigenvalue weighted by Gasteiger charge is 2.21. The van der Waals surface area contributed by atoms with Gasteiger partial charge in [0.25, 0.3) is 0 Å². The Morgan fingerprint density at radius 1 is 1.24 bits per heavy atom. The topological polar surface area (TPSA) is 37.4 Å². The number of halogens is 2. The lowest BCUT2D eigenvalue weighted by Gasteiger charge is -2.29. The number of benzene rings is 1. The van der Waals surface area contributed by atoms with E-state index in [9.17, 15) is 8.42 Å². The van der Waals surface area contributed by atoms with Crippen LogP contribution in [0.5, 0.6) is 0 Å². The first kappa shape index (κ1) is 13.4. The number of alkyl halides is 1. The largest absolute Gasteiger partial charge is 0.369 e. The molecule has 0 N–H and O–H groups in total. The second-order valence-corrected chi connectivity index (χ2v) is 7.77. The van der Waals surface area contributed by atoms with E-state index >= 15 is 0 Å². The fourth-order valence-electron chi connectivity index (χ4n) is 1.81. The summed E-state index contributed by atoms with van der Waals surface area (Å²) in [5.41, 5.74) is 2.27. The summed E-state index contributed by atoms with van der Waals surface area (Å²) in [6.45, 7) is 1.17. The van der Waals surface area contributed by atoms with Crippen LogP contribution in [-0.2, 0) is 15.2 Å². The van der Waals surface area contributed by atoms with Crippen molar-refractivity contribution in [2.24, 2.45) is 0 Å². The van der Waals surface area contributed by atoms with Crippen molar-refractivity contribution >= 4 is 47.4 Å². The number of rotatable bonds is 2. The molecule has 0 unspecified atom stereocenters. The third-order valence-electron chi connectivity index (χ3n) is 2.89. The number of hydrogen-bond donors (Lipinski definition) is 0. The number of sulfone groups is 1. The first-order valence-corrected chi connectivity index (χ1v) is 9.05. The Bertz CT molecular complexity index is 502. The Labute approximate surface area is 118 Å². The maximum absolute atomic E-state index is 11.4. The van der Waals surface area contributed by atoms with Gasteiger partial charge < -0.3 is 4.90 Å². The molecule has 3 nitrogen and oxygen atoms in total. The van der Waals surface area contributed by atoms with E-state index in [1.807, 2.05) is 6.07 Å². The minimum Gasteiger partial charge on any atom is -0.369 e. The fourth-order valence-corrected chi connectivity index (χ4v) is 4.39. The highest BCUT2D eigenvalue weighted by atomic mass is 79.9. The fraction of sp³-hybridized carbons (Fsp3) is 0.455. The SMILES string of the molecule is O=S1(=O)CCN(c2ccc(CBr)c(Br)c2)CC1. The Kier molecular flexibility index (Phi) is 4.15. The maximum Gasteiger partial charge on any atom is 0.153 e. The summed E-state index contributed by atoms with van der Waals surface area (Å²) in [4.78, 5) is 2.11. The molecule has 6 heteroatoms. The van der Waals surface area contributed by atoms with Crippen molar-refractivity contribution in [3.63, 3.8) is 0 Å². The molecule has 1 aliphatic heterocycles. The Morgan fingerprint density at radius 2 is 1.88 bits per heavy atom. The molecule has 1 saturated heterocycles. The van der Waals surface area contributed by atoms with Crippen LogP contribution in [0, 0.1) is 0 Å². The lowest BCUT2D eigenvalue weighted by Crippen LogP contribution is -2.40. The summed E-state index contributed by atoms with van der Waals surface area (Å²) in [7, 11) is -2.81. The molecule has 94 valence electrons. The Morgan fingerprint density at radius 3 is 2.41 bits per heavy atom. The number of nitrogens with zero attached hydrogens (tertiary/aromatic N) is 1. The molecule has 0 aromatic heterocycles. The molecule has 17 heavy (non-hydrogen) atoms.